The van der Waals surface area contributed by atoms with Gasteiger partial charge in [0.1, 0.15) is 6.10 Å². The molecule has 0 aromatic carbocycles. The third-order valence-electron chi connectivity index (χ3n) is 1.72. The highest BCUT2D eigenvalue weighted by atomic mass is 16.6. The average molecular weight is 202 g/mol. The summed E-state index contributed by atoms with van der Waals surface area (Å²) < 4.78 is 0. The van der Waals surface area contributed by atoms with Gasteiger partial charge in [0.15, 0.2) is 12.0 Å². The van der Waals surface area contributed by atoms with Crippen molar-refractivity contribution in [2.24, 2.45) is 5.73 Å². The fraction of sp³-hybridized carbons (Fsp3) is 0.500. The predicted octanol–water partition coefficient (Wildman–Crippen LogP) is -1.33. The molecule has 0 aliphatic rings. The van der Waals surface area contributed by atoms with E-state index < -0.39 is 22.9 Å². The Kier molecular flexibility index (Phi) is 3.12. The third-order valence-corrected chi connectivity index (χ3v) is 1.72. The summed E-state index contributed by atoms with van der Waals surface area (Å²) in [6.45, 7) is -0.203. The Morgan fingerprint density at radius 3 is 2.86 bits per heavy atom. The van der Waals surface area contributed by atoms with Crippen molar-refractivity contribution in [3.05, 3.63) is 22.1 Å². The molecule has 0 aliphatic heterocycles. The number of nitro groups is 1. The zero-order chi connectivity index (χ0) is 10.7. The molecule has 0 spiro atoms. The third kappa shape index (κ3) is 1.87. The number of nitrogens with one attached hydrogen (secondary N) is 1. The maximum Gasteiger partial charge on any atom is 0.346 e. The van der Waals surface area contributed by atoms with Crippen LogP contribution < -0.4 is 5.73 Å². The van der Waals surface area contributed by atoms with Crippen molar-refractivity contribution in [2.75, 3.05) is 6.54 Å². The van der Waals surface area contributed by atoms with Crippen LogP contribution in [0.1, 0.15) is 11.8 Å². The Hall–Kier alpha value is -1.51. The van der Waals surface area contributed by atoms with Gasteiger partial charge < -0.3 is 26.1 Å². The molecule has 0 amide bonds. The van der Waals surface area contributed by atoms with Crippen LogP contribution in [0, 0.1) is 10.1 Å². The number of H-pyrrole nitrogens is 1. The molecule has 1 aromatic rings. The van der Waals surface area contributed by atoms with Gasteiger partial charge in [-0.2, -0.15) is 0 Å². The summed E-state index contributed by atoms with van der Waals surface area (Å²) in [7, 11) is 0. The summed E-state index contributed by atoms with van der Waals surface area (Å²) in [5, 5.41) is 29.0. The summed E-state index contributed by atoms with van der Waals surface area (Å²) in [4.78, 5) is 15.5. The van der Waals surface area contributed by atoms with E-state index >= 15 is 0 Å². The topological polar surface area (TPSA) is 138 Å². The zero-order valence-electron chi connectivity index (χ0n) is 7.12. The smallest absolute Gasteiger partial charge is 0.346 e. The Bertz CT molecular complexity index is 325. The second-order valence-corrected chi connectivity index (χ2v) is 2.64. The molecule has 0 bridgehead atoms. The van der Waals surface area contributed by atoms with Crippen LogP contribution in [0.25, 0.3) is 0 Å². The van der Waals surface area contributed by atoms with E-state index in [-0.39, 0.29) is 12.2 Å². The van der Waals surface area contributed by atoms with Gasteiger partial charge in [-0.25, -0.2) is 9.97 Å². The fourth-order valence-corrected chi connectivity index (χ4v) is 0.972. The number of aromatic amines is 1. The maximum atomic E-state index is 10.4. The SMILES string of the molecule is NCC(O)C(O)c1nc[nH]c1[N+](=O)[O-]. The van der Waals surface area contributed by atoms with Crippen LogP contribution in [-0.4, -0.2) is 37.8 Å². The van der Waals surface area contributed by atoms with Crippen molar-refractivity contribution in [1.82, 2.24) is 9.97 Å². The summed E-state index contributed by atoms with van der Waals surface area (Å²) in [5.41, 5.74) is 4.87. The van der Waals surface area contributed by atoms with Gasteiger partial charge in [-0.05, 0) is 4.92 Å². The first-order valence-corrected chi connectivity index (χ1v) is 3.81. The highest BCUT2D eigenvalue weighted by molar-refractivity contribution is 5.28. The van der Waals surface area contributed by atoms with Gasteiger partial charge in [-0.1, -0.05) is 0 Å². The van der Waals surface area contributed by atoms with Crippen molar-refractivity contribution in [1.29, 1.82) is 0 Å². The number of hydrogen-bond donors (Lipinski definition) is 4. The monoisotopic (exact) mass is 202 g/mol. The molecule has 14 heavy (non-hydrogen) atoms. The van der Waals surface area contributed by atoms with Crippen molar-refractivity contribution >= 4 is 5.82 Å². The van der Waals surface area contributed by atoms with E-state index in [0.29, 0.717) is 0 Å². The second kappa shape index (κ2) is 4.13. The van der Waals surface area contributed by atoms with E-state index in [0.717, 1.165) is 6.33 Å². The van der Waals surface area contributed by atoms with Crippen LogP contribution in [-0.2, 0) is 0 Å². The van der Waals surface area contributed by atoms with Gasteiger partial charge in [0.2, 0.25) is 0 Å². The van der Waals surface area contributed by atoms with Gasteiger partial charge in [0.05, 0.1) is 6.10 Å². The van der Waals surface area contributed by atoms with Crippen molar-refractivity contribution < 1.29 is 15.1 Å². The van der Waals surface area contributed by atoms with Crippen LogP contribution in [0.4, 0.5) is 5.82 Å². The number of aliphatic hydroxyl groups is 2. The summed E-state index contributed by atoms with van der Waals surface area (Å²) >= 11 is 0. The van der Waals surface area contributed by atoms with Gasteiger partial charge in [-0.15, -0.1) is 0 Å². The highest BCUT2D eigenvalue weighted by Gasteiger charge is 2.27. The molecule has 8 nitrogen and oxygen atoms in total. The van der Waals surface area contributed by atoms with Gasteiger partial charge in [0.25, 0.3) is 0 Å². The molecule has 8 heteroatoms. The second-order valence-electron chi connectivity index (χ2n) is 2.64. The van der Waals surface area contributed by atoms with Crippen LogP contribution in [0.3, 0.4) is 0 Å². The minimum Gasteiger partial charge on any atom is -0.389 e. The first-order chi connectivity index (χ1) is 6.57. The fourth-order valence-electron chi connectivity index (χ4n) is 0.972. The molecule has 78 valence electrons. The van der Waals surface area contributed by atoms with Crippen molar-refractivity contribution in [2.45, 2.75) is 12.2 Å². The van der Waals surface area contributed by atoms with Crippen molar-refractivity contribution in [3.8, 4) is 0 Å². The molecule has 0 saturated carbocycles. The number of aromatic nitrogens is 2. The number of rotatable bonds is 4. The Morgan fingerprint density at radius 1 is 1.71 bits per heavy atom. The molecule has 0 aliphatic carbocycles. The van der Waals surface area contributed by atoms with Crippen molar-refractivity contribution in [3.63, 3.8) is 0 Å². The molecular formula is C6H10N4O4. The summed E-state index contributed by atoms with van der Waals surface area (Å²) in [5.74, 6) is -0.440. The van der Waals surface area contributed by atoms with Crippen LogP contribution in [0.5, 0.6) is 0 Å². The lowest BCUT2D eigenvalue weighted by Crippen LogP contribution is -2.27. The molecule has 2 atom stereocenters. The largest absolute Gasteiger partial charge is 0.389 e. The lowest BCUT2D eigenvalue weighted by atomic mass is 10.1. The van der Waals surface area contributed by atoms with Crippen LogP contribution >= 0.6 is 0 Å². The molecule has 1 aromatic heterocycles. The van der Waals surface area contributed by atoms with E-state index in [1.807, 2.05) is 0 Å². The molecule has 1 heterocycles. The van der Waals surface area contributed by atoms with Gasteiger partial charge in [0, 0.05) is 6.54 Å². The standard InChI is InChI=1S/C6H10N4O4/c7-1-3(11)5(12)4-6(10(13)14)9-2-8-4/h2-3,5,11-12H,1,7H2,(H,8,9). The number of hydrogen-bond acceptors (Lipinski definition) is 6. The number of nitrogens with two attached hydrogens (primary N) is 1. The lowest BCUT2D eigenvalue weighted by Gasteiger charge is -2.12. The van der Waals surface area contributed by atoms with Gasteiger partial charge >= 0.3 is 5.82 Å². The van der Waals surface area contributed by atoms with Gasteiger partial charge in [-0.3, -0.25) is 0 Å². The number of imidazole rings is 1. The number of aliphatic hydroxyl groups excluding tert-OH is 2. The first-order valence-electron chi connectivity index (χ1n) is 3.81. The Morgan fingerprint density at radius 2 is 2.36 bits per heavy atom. The minimum absolute atomic E-state index is 0.203. The average Bonchev–Trinajstić information content (AvgIpc) is 2.63. The molecule has 2 unspecified atom stereocenters. The van der Waals surface area contributed by atoms with E-state index in [1.165, 1.54) is 0 Å². The van der Waals surface area contributed by atoms with E-state index in [2.05, 4.69) is 9.97 Å². The predicted molar refractivity (Wildman–Crippen MR) is 45.3 cm³/mol. The highest BCUT2D eigenvalue weighted by Crippen LogP contribution is 2.22. The van der Waals surface area contributed by atoms with Crippen LogP contribution in [0.2, 0.25) is 0 Å². The lowest BCUT2D eigenvalue weighted by molar-refractivity contribution is -0.390. The minimum atomic E-state index is -1.45. The van der Waals surface area contributed by atoms with E-state index in [1.54, 1.807) is 0 Å². The molecule has 5 N–H and O–H groups in total. The van der Waals surface area contributed by atoms with E-state index in [4.69, 9.17) is 10.8 Å². The Labute approximate surface area is 78.5 Å². The molecule has 0 saturated heterocycles. The maximum absolute atomic E-state index is 10.4. The zero-order valence-corrected chi connectivity index (χ0v) is 7.12. The molecule has 0 radical (unpaired) electrons. The normalized spacial score (nSPS) is 15.1. The summed E-state index contributed by atoms with van der Waals surface area (Å²) in [6.07, 6.45) is -1.65. The number of nitrogens with zero attached hydrogens (tertiary/aromatic N) is 2. The van der Waals surface area contributed by atoms with Crippen LogP contribution in [0.15, 0.2) is 6.33 Å². The van der Waals surface area contributed by atoms with E-state index in [9.17, 15) is 15.2 Å². The molecule has 0 fully saturated rings. The molecule has 1 rings (SSSR count). The molecular weight excluding hydrogens is 192 g/mol. The summed E-state index contributed by atoms with van der Waals surface area (Å²) in [6, 6.07) is 0. The first kappa shape index (κ1) is 10.6. The Balaban J connectivity index is 2.94. The quantitative estimate of drug-likeness (QED) is 0.352.